The van der Waals surface area contributed by atoms with Gasteiger partial charge in [-0.1, -0.05) is 0 Å². The van der Waals surface area contributed by atoms with Crippen LogP contribution in [0.3, 0.4) is 0 Å². The molecule has 3 aliphatic heterocycles. The molecular formula is C22H29N3O4. The van der Waals surface area contributed by atoms with Crippen LogP contribution in [-0.4, -0.2) is 54.3 Å². The van der Waals surface area contributed by atoms with E-state index >= 15 is 0 Å². The molecule has 2 saturated heterocycles. The van der Waals surface area contributed by atoms with Gasteiger partial charge >= 0.3 is 0 Å². The molecule has 7 heteroatoms. The molecule has 0 saturated carbocycles. The first-order chi connectivity index (χ1) is 13.9. The molecule has 1 aromatic rings. The van der Waals surface area contributed by atoms with Crippen molar-refractivity contribution in [2.75, 3.05) is 25.0 Å². The fraction of sp³-hybridized carbons (Fsp3) is 0.591. The normalized spacial score (nSPS) is 27.6. The van der Waals surface area contributed by atoms with Crippen LogP contribution in [0.5, 0.6) is 5.75 Å². The first-order valence-corrected chi connectivity index (χ1v) is 10.6. The van der Waals surface area contributed by atoms with E-state index in [1.54, 1.807) is 25.1 Å². The van der Waals surface area contributed by atoms with Gasteiger partial charge in [0.05, 0.1) is 5.69 Å². The second-order valence-electron chi connectivity index (χ2n) is 8.50. The van der Waals surface area contributed by atoms with Gasteiger partial charge in [0.25, 0.3) is 5.91 Å². The molecule has 0 aliphatic carbocycles. The van der Waals surface area contributed by atoms with Crippen molar-refractivity contribution < 1.29 is 19.1 Å². The number of anilines is 1. The number of carbonyl (C=O) groups is 3. The molecule has 3 aliphatic rings. The van der Waals surface area contributed by atoms with E-state index in [0.29, 0.717) is 49.0 Å². The fourth-order valence-corrected chi connectivity index (χ4v) is 4.57. The van der Waals surface area contributed by atoms with Crippen LogP contribution in [0.4, 0.5) is 5.69 Å². The summed E-state index contributed by atoms with van der Waals surface area (Å²) in [5, 5.41) is 6.18. The summed E-state index contributed by atoms with van der Waals surface area (Å²) in [6.07, 6.45) is 2.61. The lowest BCUT2D eigenvalue weighted by Gasteiger charge is -2.36. The number of piperidine rings is 2. The van der Waals surface area contributed by atoms with Gasteiger partial charge < -0.3 is 20.3 Å². The van der Waals surface area contributed by atoms with E-state index < -0.39 is 6.10 Å². The Hall–Kier alpha value is -2.41. The molecule has 7 nitrogen and oxygen atoms in total. The van der Waals surface area contributed by atoms with Gasteiger partial charge in [-0.2, -0.15) is 0 Å². The molecule has 29 heavy (non-hydrogen) atoms. The summed E-state index contributed by atoms with van der Waals surface area (Å²) in [5.74, 6) is 0.704. The van der Waals surface area contributed by atoms with Gasteiger partial charge in [-0.3, -0.25) is 14.4 Å². The predicted octanol–water partition coefficient (Wildman–Crippen LogP) is 2.22. The molecule has 4 rings (SSSR count). The average molecular weight is 399 g/mol. The maximum absolute atomic E-state index is 13.0. The zero-order valence-electron chi connectivity index (χ0n) is 17.1. The standard InChI is InChI=1S/C22H29N3O4/c1-13-11-17(5-8-23-13)22(28)25-9-6-15(7-10-25)20(26)16-3-4-19-18(12-16)24-21(27)14(2)29-19/h3-4,12-15,17,23H,5-11H2,1-2H3,(H,24,27)/t13-,14?,17-/m0/s1. The molecule has 2 N–H and O–H groups in total. The maximum atomic E-state index is 13.0. The van der Waals surface area contributed by atoms with Crippen LogP contribution >= 0.6 is 0 Å². The number of Topliss-reactive ketones (excluding diaryl/α,β-unsaturated/α-hetero) is 1. The van der Waals surface area contributed by atoms with Gasteiger partial charge in [-0.05, 0) is 64.3 Å². The van der Waals surface area contributed by atoms with Crippen LogP contribution in [0.25, 0.3) is 0 Å². The van der Waals surface area contributed by atoms with Gasteiger partial charge in [0.15, 0.2) is 11.9 Å². The van der Waals surface area contributed by atoms with Crippen molar-refractivity contribution in [1.29, 1.82) is 0 Å². The Morgan fingerprint density at radius 2 is 1.86 bits per heavy atom. The third-order valence-electron chi connectivity index (χ3n) is 6.35. The zero-order chi connectivity index (χ0) is 20.5. The topological polar surface area (TPSA) is 87.7 Å². The number of ketones is 1. The van der Waals surface area contributed by atoms with Crippen molar-refractivity contribution in [3.63, 3.8) is 0 Å². The number of hydrogen-bond donors (Lipinski definition) is 2. The number of fused-ring (bicyclic) bond motifs is 1. The van der Waals surface area contributed by atoms with Crippen LogP contribution in [-0.2, 0) is 9.59 Å². The number of nitrogens with zero attached hydrogens (tertiary/aromatic N) is 1. The van der Waals surface area contributed by atoms with Crippen molar-refractivity contribution in [2.45, 2.75) is 51.7 Å². The number of benzene rings is 1. The predicted molar refractivity (Wildman–Crippen MR) is 109 cm³/mol. The molecule has 3 heterocycles. The summed E-state index contributed by atoms with van der Waals surface area (Å²) in [4.78, 5) is 39.6. The van der Waals surface area contributed by atoms with Gasteiger partial charge in [-0.25, -0.2) is 0 Å². The van der Waals surface area contributed by atoms with Gasteiger partial charge in [0.2, 0.25) is 5.91 Å². The Labute approximate surface area is 171 Å². The summed E-state index contributed by atoms with van der Waals surface area (Å²) in [6, 6.07) is 5.60. The Morgan fingerprint density at radius 3 is 2.59 bits per heavy atom. The van der Waals surface area contributed by atoms with Crippen molar-refractivity contribution in [3.8, 4) is 5.75 Å². The van der Waals surface area contributed by atoms with E-state index in [0.717, 1.165) is 19.4 Å². The zero-order valence-corrected chi connectivity index (χ0v) is 17.1. The molecule has 2 amide bonds. The largest absolute Gasteiger partial charge is 0.479 e. The fourth-order valence-electron chi connectivity index (χ4n) is 4.57. The summed E-state index contributed by atoms with van der Waals surface area (Å²) in [7, 11) is 0. The lowest BCUT2D eigenvalue weighted by molar-refractivity contribution is -0.138. The summed E-state index contributed by atoms with van der Waals surface area (Å²) >= 11 is 0. The lowest BCUT2D eigenvalue weighted by atomic mass is 9.87. The summed E-state index contributed by atoms with van der Waals surface area (Å²) in [6.45, 7) is 5.98. The van der Waals surface area contributed by atoms with Crippen molar-refractivity contribution in [2.24, 2.45) is 11.8 Å². The van der Waals surface area contributed by atoms with E-state index in [-0.39, 0.29) is 29.4 Å². The van der Waals surface area contributed by atoms with Crippen LogP contribution < -0.4 is 15.4 Å². The summed E-state index contributed by atoms with van der Waals surface area (Å²) in [5.41, 5.74) is 1.13. The van der Waals surface area contributed by atoms with Gasteiger partial charge in [0, 0.05) is 36.5 Å². The molecule has 0 aromatic heterocycles. The SMILES string of the molecule is CC1Oc2ccc(C(=O)C3CCN(C(=O)[C@H]4CCN[C@@H](C)C4)CC3)cc2NC1=O. The second-order valence-corrected chi connectivity index (χ2v) is 8.50. The van der Waals surface area contributed by atoms with E-state index in [9.17, 15) is 14.4 Å². The van der Waals surface area contributed by atoms with Crippen molar-refractivity contribution >= 4 is 23.3 Å². The Balaban J connectivity index is 1.36. The van der Waals surface area contributed by atoms with Crippen LogP contribution in [0.1, 0.15) is 49.9 Å². The van der Waals surface area contributed by atoms with E-state index in [1.165, 1.54) is 0 Å². The first kappa shape index (κ1) is 19.9. The number of rotatable bonds is 3. The van der Waals surface area contributed by atoms with Gasteiger partial charge in [0.1, 0.15) is 5.75 Å². The average Bonchev–Trinajstić information content (AvgIpc) is 2.73. The number of amides is 2. The van der Waals surface area contributed by atoms with Gasteiger partial charge in [-0.15, -0.1) is 0 Å². The number of carbonyl (C=O) groups excluding carboxylic acids is 3. The third-order valence-corrected chi connectivity index (χ3v) is 6.35. The highest BCUT2D eigenvalue weighted by molar-refractivity contribution is 6.02. The highest BCUT2D eigenvalue weighted by atomic mass is 16.5. The smallest absolute Gasteiger partial charge is 0.265 e. The second kappa shape index (κ2) is 8.14. The molecular weight excluding hydrogens is 370 g/mol. The highest BCUT2D eigenvalue weighted by Gasteiger charge is 2.33. The van der Waals surface area contributed by atoms with Crippen LogP contribution in [0, 0.1) is 11.8 Å². The molecule has 0 bridgehead atoms. The number of likely N-dealkylation sites (tertiary alicyclic amines) is 1. The minimum absolute atomic E-state index is 0.0725. The van der Waals surface area contributed by atoms with Crippen molar-refractivity contribution in [3.05, 3.63) is 23.8 Å². The summed E-state index contributed by atoms with van der Waals surface area (Å²) < 4.78 is 5.56. The minimum atomic E-state index is -0.533. The van der Waals surface area contributed by atoms with Crippen LogP contribution in [0.2, 0.25) is 0 Å². The first-order valence-electron chi connectivity index (χ1n) is 10.6. The van der Waals surface area contributed by atoms with E-state index in [4.69, 9.17) is 4.74 Å². The lowest BCUT2D eigenvalue weighted by Crippen LogP contribution is -2.47. The minimum Gasteiger partial charge on any atom is -0.479 e. The number of ether oxygens (including phenoxy) is 1. The molecule has 2 fully saturated rings. The molecule has 156 valence electrons. The third kappa shape index (κ3) is 4.15. The van der Waals surface area contributed by atoms with Crippen molar-refractivity contribution in [1.82, 2.24) is 10.2 Å². The molecule has 0 spiro atoms. The Kier molecular flexibility index (Phi) is 5.58. The van der Waals surface area contributed by atoms with E-state index in [2.05, 4.69) is 17.6 Å². The quantitative estimate of drug-likeness (QED) is 0.761. The van der Waals surface area contributed by atoms with E-state index in [1.807, 2.05) is 4.90 Å². The molecule has 1 aromatic carbocycles. The molecule has 3 atom stereocenters. The number of hydrogen-bond acceptors (Lipinski definition) is 5. The molecule has 0 radical (unpaired) electrons. The monoisotopic (exact) mass is 399 g/mol. The highest BCUT2D eigenvalue weighted by Crippen LogP contribution is 2.32. The Morgan fingerprint density at radius 1 is 1.10 bits per heavy atom. The Bertz CT molecular complexity index is 816. The van der Waals surface area contributed by atoms with Crippen LogP contribution in [0.15, 0.2) is 18.2 Å². The maximum Gasteiger partial charge on any atom is 0.265 e. The molecule has 1 unspecified atom stereocenters. The number of nitrogens with one attached hydrogen (secondary N) is 2.